The number of hydrogen-bond donors (Lipinski definition) is 1. The Morgan fingerprint density at radius 2 is 1.65 bits per heavy atom. The van der Waals surface area contributed by atoms with Crippen molar-refractivity contribution >= 4 is 0 Å². The molecule has 1 heteroatoms. The van der Waals surface area contributed by atoms with Crippen molar-refractivity contribution in [1.29, 1.82) is 0 Å². The second-order valence-corrected chi connectivity index (χ2v) is 7.71. The van der Waals surface area contributed by atoms with Crippen molar-refractivity contribution in [3.05, 3.63) is 34.9 Å². The molecule has 0 aliphatic heterocycles. The molecule has 1 saturated carbocycles. The van der Waals surface area contributed by atoms with E-state index < -0.39 is 0 Å². The lowest BCUT2D eigenvalue weighted by molar-refractivity contribution is 0.403. The molecular weight excluding hydrogens is 242 g/mol. The van der Waals surface area contributed by atoms with E-state index >= 15 is 0 Å². The topological polar surface area (TPSA) is 12.0 Å². The predicted molar refractivity (Wildman–Crippen MR) is 88.1 cm³/mol. The Balaban J connectivity index is 2.17. The number of benzene rings is 1. The molecule has 0 saturated heterocycles. The summed E-state index contributed by atoms with van der Waals surface area (Å²) in [7, 11) is 0. The van der Waals surface area contributed by atoms with Gasteiger partial charge in [0.25, 0.3) is 0 Å². The maximum absolute atomic E-state index is 3.74. The van der Waals surface area contributed by atoms with Crippen LogP contribution >= 0.6 is 0 Å². The van der Waals surface area contributed by atoms with Gasteiger partial charge in [-0.05, 0) is 60.3 Å². The maximum atomic E-state index is 3.74. The van der Waals surface area contributed by atoms with Crippen LogP contribution in [0.15, 0.2) is 18.2 Å². The molecule has 1 atom stereocenters. The average Bonchev–Trinajstić information content (AvgIpc) is 2.74. The van der Waals surface area contributed by atoms with Crippen molar-refractivity contribution in [1.82, 2.24) is 5.32 Å². The van der Waals surface area contributed by atoms with Crippen LogP contribution in [0.5, 0.6) is 0 Å². The van der Waals surface area contributed by atoms with Gasteiger partial charge in [0, 0.05) is 6.04 Å². The van der Waals surface area contributed by atoms with Gasteiger partial charge in [0.1, 0.15) is 0 Å². The molecule has 1 N–H and O–H groups in total. The van der Waals surface area contributed by atoms with Gasteiger partial charge in [0.2, 0.25) is 0 Å². The first-order valence-corrected chi connectivity index (χ1v) is 8.01. The molecule has 1 nitrogen and oxygen atoms in total. The van der Waals surface area contributed by atoms with Gasteiger partial charge in [0.15, 0.2) is 0 Å². The molecule has 0 aromatic heterocycles. The lowest BCUT2D eigenvalue weighted by atomic mass is 9.95. The van der Waals surface area contributed by atoms with Gasteiger partial charge in [-0.1, -0.05) is 52.8 Å². The Labute approximate surface area is 125 Å². The molecule has 0 bridgehead atoms. The van der Waals surface area contributed by atoms with Crippen LogP contribution in [0.2, 0.25) is 0 Å². The van der Waals surface area contributed by atoms with Crippen LogP contribution in [0.3, 0.4) is 0 Å². The summed E-state index contributed by atoms with van der Waals surface area (Å²) in [6, 6.07) is 7.51. The minimum atomic E-state index is 0.444. The lowest BCUT2D eigenvalue weighted by Crippen LogP contribution is -2.35. The fourth-order valence-electron chi connectivity index (χ4n) is 4.01. The third kappa shape index (κ3) is 2.53. The van der Waals surface area contributed by atoms with E-state index in [1.165, 1.54) is 16.7 Å². The molecular formula is C19H31N. The summed E-state index contributed by atoms with van der Waals surface area (Å²) < 4.78 is 0. The number of likely N-dealkylation sites (N-methyl/N-ethyl adjacent to an activating group) is 1. The van der Waals surface area contributed by atoms with Crippen LogP contribution in [-0.4, -0.2) is 12.6 Å². The SMILES string of the molecule is CCNC(Cc1ccc(C)c(C)c1)C1C(C)(C)C1(C)C. The van der Waals surface area contributed by atoms with Gasteiger partial charge in [-0.3, -0.25) is 0 Å². The van der Waals surface area contributed by atoms with Crippen LogP contribution in [0.25, 0.3) is 0 Å². The summed E-state index contributed by atoms with van der Waals surface area (Å²) in [4.78, 5) is 0. The second kappa shape index (κ2) is 5.18. The molecule has 1 aromatic rings. The molecule has 0 amide bonds. The molecule has 1 aliphatic rings. The third-order valence-electron chi connectivity index (χ3n) is 6.03. The zero-order valence-corrected chi connectivity index (χ0v) is 14.3. The standard InChI is InChI=1S/C19H31N/c1-8-20-16(17-18(4,5)19(17,6)7)12-15-10-9-13(2)14(3)11-15/h9-11,16-17,20H,8,12H2,1-7H3. The van der Waals surface area contributed by atoms with Crippen LogP contribution in [0.1, 0.15) is 51.3 Å². The van der Waals surface area contributed by atoms with E-state index in [9.17, 15) is 0 Å². The molecule has 1 fully saturated rings. The minimum Gasteiger partial charge on any atom is -0.314 e. The summed E-state index contributed by atoms with van der Waals surface area (Å²) in [6.45, 7) is 17.4. The Morgan fingerprint density at radius 1 is 1.05 bits per heavy atom. The molecule has 20 heavy (non-hydrogen) atoms. The first-order valence-electron chi connectivity index (χ1n) is 8.01. The fraction of sp³-hybridized carbons (Fsp3) is 0.684. The second-order valence-electron chi connectivity index (χ2n) is 7.71. The summed E-state index contributed by atoms with van der Waals surface area (Å²) in [5.74, 6) is 0.761. The third-order valence-corrected chi connectivity index (χ3v) is 6.03. The van der Waals surface area contributed by atoms with Crippen LogP contribution in [0.4, 0.5) is 0 Å². The molecule has 112 valence electrons. The number of rotatable bonds is 5. The van der Waals surface area contributed by atoms with Crippen molar-refractivity contribution in [2.75, 3.05) is 6.54 Å². The Hall–Kier alpha value is -0.820. The van der Waals surface area contributed by atoms with Gasteiger partial charge < -0.3 is 5.32 Å². The monoisotopic (exact) mass is 273 g/mol. The zero-order chi connectivity index (χ0) is 15.1. The number of aryl methyl sites for hydroxylation is 2. The molecule has 1 aliphatic carbocycles. The van der Waals surface area contributed by atoms with E-state index in [2.05, 4.69) is 72.0 Å². The molecule has 2 rings (SSSR count). The van der Waals surface area contributed by atoms with Gasteiger partial charge >= 0.3 is 0 Å². The van der Waals surface area contributed by atoms with E-state index in [1.807, 2.05) is 0 Å². The average molecular weight is 273 g/mol. The molecule has 1 aromatic carbocycles. The van der Waals surface area contributed by atoms with E-state index in [-0.39, 0.29) is 0 Å². The van der Waals surface area contributed by atoms with Gasteiger partial charge in [-0.2, -0.15) is 0 Å². The molecule has 0 radical (unpaired) electrons. The van der Waals surface area contributed by atoms with E-state index in [0.717, 1.165) is 18.9 Å². The normalized spacial score (nSPS) is 21.8. The van der Waals surface area contributed by atoms with Gasteiger partial charge in [0.05, 0.1) is 0 Å². The largest absolute Gasteiger partial charge is 0.314 e. The number of nitrogens with one attached hydrogen (secondary N) is 1. The molecule has 1 unspecified atom stereocenters. The summed E-state index contributed by atoms with van der Waals surface area (Å²) in [5, 5.41) is 3.74. The van der Waals surface area contributed by atoms with Crippen LogP contribution in [-0.2, 0) is 6.42 Å². The number of hydrogen-bond acceptors (Lipinski definition) is 1. The lowest BCUT2D eigenvalue weighted by Gasteiger charge is -2.21. The predicted octanol–water partition coefficient (Wildman–Crippen LogP) is 4.51. The summed E-state index contributed by atoms with van der Waals surface area (Å²) in [6.07, 6.45) is 1.15. The van der Waals surface area contributed by atoms with E-state index in [4.69, 9.17) is 0 Å². The van der Waals surface area contributed by atoms with Crippen LogP contribution < -0.4 is 5.32 Å². The van der Waals surface area contributed by atoms with Crippen LogP contribution in [0, 0.1) is 30.6 Å². The maximum Gasteiger partial charge on any atom is 0.0146 e. The summed E-state index contributed by atoms with van der Waals surface area (Å²) >= 11 is 0. The van der Waals surface area contributed by atoms with Crippen molar-refractivity contribution < 1.29 is 0 Å². The highest BCUT2D eigenvalue weighted by atomic mass is 15.0. The Kier molecular flexibility index (Phi) is 4.03. The molecule has 0 heterocycles. The molecule has 0 spiro atoms. The van der Waals surface area contributed by atoms with Crippen molar-refractivity contribution in [2.24, 2.45) is 16.7 Å². The first kappa shape index (κ1) is 15.6. The van der Waals surface area contributed by atoms with Gasteiger partial charge in [-0.25, -0.2) is 0 Å². The smallest absolute Gasteiger partial charge is 0.0146 e. The Bertz CT molecular complexity index is 471. The van der Waals surface area contributed by atoms with Crippen molar-refractivity contribution in [3.63, 3.8) is 0 Å². The summed E-state index contributed by atoms with van der Waals surface area (Å²) in [5.41, 5.74) is 5.16. The van der Waals surface area contributed by atoms with Crippen molar-refractivity contribution in [3.8, 4) is 0 Å². The highest BCUT2D eigenvalue weighted by Gasteiger charge is 2.66. The Morgan fingerprint density at radius 3 is 2.10 bits per heavy atom. The van der Waals surface area contributed by atoms with E-state index in [1.54, 1.807) is 0 Å². The van der Waals surface area contributed by atoms with E-state index in [0.29, 0.717) is 16.9 Å². The fourth-order valence-corrected chi connectivity index (χ4v) is 4.01. The first-order chi connectivity index (χ1) is 9.21. The highest BCUT2D eigenvalue weighted by molar-refractivity contribution is 5.31. The van der Waals surface area contributed by atoms with Gasteiger partial charge in [-0.15, -0.1) is 0 Å². The zero-order valence-electron chi connectivity index (χ0n) is 14.3. The van der Waals surface area contributed by atoms with Crippen molar-refractivity contribution in [2.45, 2.75) is 60.9 Å². The quantitative estimate of drug-likeness (QED) is 0.832. The highest BCUT2D eigenvalue weighted by Crippen LogP contribution is 2.69. The minimum absolute atomic E-state index is 0.444.